The summed E-state index contributed by atoms with van der Waals surface area (Å²) in [6, 6.07) is 5.81. The molecule has 0 spiro atoms. The highest BCUT2D eigenvalue weighted by Crippen LogP contribution is 2.12. The molecule has 0 aromatic heterocycles. The summed E-state index contributed by atoms with van der Waals surface area (Å²) < 4.78 is 0. The van der Waals surface area contributed by atoms with Gasteiger partial charge in [-0.15, -0.1) is 0 Å². The number of benzene rings is 1. The molecule has 1 aromatic rings. The number of Topliss-reactive ketones (excluding diaryl/α,β-unsaturated/α-hetero) is 1. The first kappa shape index (κ1) is 9.05. The zero-order valence-electron chi connectivity index (χ0n) is 7.42. The number of ketones is 1. The predicted octanol–water partition coefficient (Wildman–Crippen LogP) is 2.07. The minimum Gasteiger partial charge on any atom is -0.295 e. The molecule has 0 heterocycles. The van der Waals surface area contributed by atoms with E-state index in [4.69, 9.17) is 7.85 Å². The standard InChI is InChI=1S/C10H11BO/c1-7-3-4-8(2)9(5-7)10(12)6-11/h3-5H,6H2,1-2H3. The largest absolute Gasteiger partial charge is 0.295 e. The summed E-state index contributed by atoms with van der Waals surface area (Å²) in [6.45, 7) is 3.88. The number of aryl methyl sites for hydroxylation is 2. The second kappa shape index (κ2) is 3.57. The molecule has 0 aliphatic carbocycles. The van der Waals surface area contributed by atoms with Crippen molar-refractivity contribution in [2.24, 2.45) is 0 Å². The molecule has 60 valence electrons. The van der Waals surface area contributed by atoms with E-state index in [1.54, 1.807) is 0 Å². The van der Waals surface area contributed by atoms with Gasteiger partial charge in [-0.1, -0.05) is 17.7 Å². The molecule has 0 saturated heterocycles. The van der Waals surface area contributed by atoms with Gasteiger partial charge in [0.25, 0.3) is 0 Å². The number of rotatable bonds is 2. The molecule has 0 N–H and O–H groups in total. The Labute approximate surface area is 74.2 Å². The zero-order valence-corrected chi connectivity index (χ0v) is 7.42. The Morgan fingerprint density at radius 2 is 2.08 bits per heavy atom. The molecule has 12 heavy (non-hydrogen) atoms. The van der Waals surface area contributed by atoms with Crippen LogP contribution in [0.2, 0.25) is 6.32 Å². The molecule has 0 aliphatic heterocycles. The maximum Gasteiger partial charge on any atom is 0.154 e. The van der Waals surface area contributed by atoms with E-state index in [0.717, 1.165) is 16.7 Å². The van der Waals surface area contributed by atoms with Crippen molar-refractivity contribution >= 4 is 13.6 Å². The van der Waals surface area contributed by atoms with Crippen LogP contribution in [0.25, 0.3) is 0 Å². The van der Waals surface area contributed by atoms with Gasteiger partial charge in [0.05, 0.1) is 7.85 Å². The van der Waals surface area contributed by atoms with Gasteiger partial charge in [0.1, 0.15) is 0 Å². The molecule has 1 aromatic carbocycles. The van der Waals surface area contributed by atoms with Crippen molar-refractivity contribution in [2.45, 2.75) is 20.2 Å². The lowest BCUT2D eigenvalue weighted by Crippen LogP contribution is -2.00. The Balaban J connectivity index is 3.13. The molecule has 0 fully saturated rings. The molecule has 1 nitrogen and oxygen atoms in total. The molecular formula is C10H11BO. The summed E-state index contributed by atoms with van der Waals surface area (Å²) in [4.78, 5) is 11.3. The second-order valence-corrected chi connectivity index (χ2v) is 2.95. The number of carbonyl (C=O) groups excluding carboxylic acids is 1. The topological polar surface area (TPSA) is 17.1 Å². The first-order valence-electron chi connectivity index (χ1n) is 3.95. The third-order valence-corrected chi connectivity index (χ3v) is 1.88. The molecule has 0 saturated carbocycles. The summed E-state index contributed by atoms with van der Waals surface area (Å²) in [5, 5.41) is 0. The molecule has 2 heteroatoms. The monoisotopic (exact) mass is 158 g/mol. The Hall–Kier alpha value is -1.05. The first-order chi connectivity index (χ1) is 5.65. The molecule has 0 unspecified atom stereocenters. The van der Waals surface area contributed by atoms with Crippen molar-refractivity contribution in [3.05, 3.63) is 34.9 Å². The van der Waals surface area contributed by atoms with E-state index >= 15 is 0 Å². The van der Waals surface area contributed by atoms with E-state index < -0.39 is 0 Å². The second-order valence-electron chi connectivity index (χ2n) is 2.95. The normalized spacial score (nSPS) is 9.83. The Bertz CT molecular complexity index is 305. The van der Waals surface area contributed by atoms with E-state index in [1.807, 2.05) is 32.0 Å². The first-order valence-corrected chi connectivity index (χ1v) is 3.95. The van der Waals surface area contributed by atoms with Gasteiger partial charge in [-0.25, -0.2) is 0 Å². The van der Waals surface area contributed by atoms with Gasteiger partial charge in [-0.2, -0.15) is 0 Å². The summed E-state index contributed by atoms with van der Waals surface area (Å²) in [5.41, 5.74) is 2.84. The Morgan fingerprint density at radius 1 is 1.42 bits per heavy atom. The minimum atomic E-state index is 0.0104. The fourth-order valence-electron chi connectivity index (χ4n) is 1.15. The third-order valence-electron chi connectivity index (χ3n) is 1.88. The third kappa shape index (κ3) is 1.76. The lowest BCUT2D eigenvalue weighted by molar-refractivity contribution is 0.101. The quantitative estimate of drug-likeness (QED) is 0.475. The van der Waals surface area contributed by atoms with Gasteiger partial charge >= 0.3 is 0 Å². The average molecular weight is 158 g/mol. The van der Waals surface area contributed by atoms with Crippen molar-refractivity contribution in [3.8, 4) is 0 Å². The molecule has 1 rings (SSSR count). The highest BCUT2D eigenvalue weighted by atomic mass is 16.1. The van der Waals surface area contributed by atoms with Gasteiger partial charge < -0.3 is 0 Å². The van der Waals surface area contributed by atoms with Gasteiger partial charge in [0.2, 0.25) is 0 Å². The Kier molecular flexibility index (Phi) is 2.69. The molecule has 0 amide bonds. The van der Waals surface area contributed by atoms with E-state index in [2.05, 4.69) is 0 Å². The fraction of sp³-hybridized carbons (Fsp3) is 0.300. The number of carbonyl (C=O) groups is 1. The summed E-state index contributed by atoms with van der Waals surface area (Å²) >= 11 is 0. The van der Waals surface area contributed by atoms with Crippen LogP contribution in [-0.2, 0) is 0 Å². The van der Waals surface area contributed by atoms with Crippen molar-refractivity contribution in [3.63, 3.8) is 0 Å². The maximum absolute atomic E-state index is 11.3. The van der Waals surface area contributed by atoms with Crippen molar-refractivity contribution in [1.82, 2.24) is 0 Å². The molecule has 0 bridgehead atoms. The maximum atomic E-state index is 11.3. The molecule has 2 radical (unpaired) electrons. The van der Waals surface area contributed by atoms with Crippen LogP contribution in [0.4, 0.5) is 0 Å². The van der Waals surface area contributed by atoms with Gasteiger partial charge in [0, 0.05) is 5.56 Å². The van der Waals surface area contributed by atoms with Crippen LogP contribution in [0.15, 0.2) is 18.2 Å². The van der Waals surface area contributed by atoms with Crippen LogP contribution in [0.3, 0.4) is 0 Å². The molecule has 0 atom stereocenters. The predicted molar refractivity (Wildman–Crippen MR) is 50.8 cm³/mol. The fourth-order valence-corrected chi connectivity index (χ4v) is 1.15. The highest BCUT2D eigenvalue weighted by molar-refractivity contribution is 6.24. The average Bonchev–Trinajstić information content (AvgIpc) is 2.08. The van der Waals surface area contributed by atoms with E-state index in [1.165, 1.54) is 0 Å². The van der Waals surface area contributed by atoms with Gasteiger partial charge in [-0.3, -0.25) is 4.79 Å². The van der Waals surface area contributed by atoms with E-state index in [9.17, 15) is 4.79 Å². The minimum absolute atomic E-state index is 0.0104. The van der Waals surface area contributed by atoms with Gasteiger partial charge in [0.15, 0.2) is 5.78 Å². The van der Waals surface area contributed by atoms with Gasteiger partial charge in [-0.05, 0) is 31.8 Å². The van der Waals surface area contributed by atoms with Crippen molar-refractivity contribution in [1.29, 1.82) is 0 Å². The van der Waals surface area contributed by atoms with Crippen LogP contribution in [-0.4, -0.2) is 13.6 Å². The SMILES string of the molecule is [B]CC(=O)c1cc(C)ccc1C. The van der Waals surface area contributed by atoms with Crippen molar-refractivity contribution < 1.29 is 4.79 Å². The van der Waals surface area contributed by atoms with Crippen LogP contribution < -0.4 is 0 Å². The van der Waals surface area contributed by atoms with Crippen LogP contribution in [0.1, 0.15) is 21.5 Å². The smallest absolute Gasteiger partial charge is 0.154 e. The number of hydrogen-bond donors (Lipinski definition) is 0. The number of hydrogen-bond acceptors (Lipinski definition) is 1. The summed E-state index contributed by atoms with van der Waals surface area (Å²) in [7, 11) is 5.27. The van der Waals surface area contributed by atoms with E-state index in [-0.39, 0.29) is 12.1 Å². The summed E-state index contributed by atoms with van der Waals surface area (Å²) in [6.07, 6.45) is 0.0876. The summed E-state index contributed by atoms with van der Waals surface area (Å²) in [5.74, 6) is 0.0104. The molecular weight excluding hydrogens is 147 g/mol. The van der Waals surface area contributed by atoms with Crippen LogP contribution in [0.5, 0.6) is 0 Å². The van der Waals surface area contributed by atoms with Crippen LogP contribution in [0, 0.1) is 13.8 Å². The lowest BCUT2D eigenvalue weighted by atomic mass is 9.92. The van der Waals surface area contributed by atoms with E-state index in [0.29, 0.717) is 0 Å². The van der Waals surface area contributed by atoms with Crippen molar-refractivity contribution in [2.75, 3.05) is 0 Å². The Morgan fingerprint density at radius 3 is 2.67 bits per heavy atom. The zero-order chi connectivity index (χ0) is 9.14. The highest BCUT2D eigenvalue weighted by Gasteiger charge is 2.05. The lowest BCUT2D eigenvalue weighted by Gasteiger charge is -2.03. The molecule has 0 aliphatic rings. The van der Waals surface area contributed by atoms with Crippen LogP contribution >= 0.6 is 0 Å².